The van der Waals surface area contributed by atoms with Crippen LogP contribution in [-0.2, 0) is 4.79 Å². The van der Waals surface area contributed by atoms with Gasteiger partial charge in [-0.1, -0.05) is 18.7 Å². The van der Waals surface area contributed by atoms with Crippen LogP contribution in [0.3, 0.4) is 0 Å². The molecule has 0 radical (unpaired) electrons. The third kappa shape index (κ3) is 4.03. The molecule has 3 aromatic heterocycles. The number of pyridine rings is 1. The van der Waals surface area contributed by atoms with E-state index in [2.05, 4.69) is 30.2 Å². The molecule has 1 amide bonds. The second kappa shape index (κ2) is 8.08. The number of nitrogens with two attached hydrogens (primary N) is 1. The Morgan fingerprint density at radius 3 is 2.81 bits per heavy atom. The van der Waals surface area contributed by atoms with E-state index in [0.717, 1.165) is 0 Å². The maximum atomic E-state index is 12.7. The van der Waals surface area contributed by atoms with Crippen LogP contribution in [0.1, 0.15) is 13.3 Å². The number of ether oxygens (including phenoxy) is 2. The van der Waals surface area contributed by atoms with Gasteiger partial charge in [0.2, 0.25) is 11.9 Å². The number of hydrogen-bond donors (Lipinski definition) is 3. The summed E-state index contributed by atoms with van der Waals surface area (Å²) in [4.78, 5) is 32.3. The Hall–Kier alpha value is -3.08. The van der Waals surface area contributed by atoms with E-state index >= 15 is 0 Å². The lowest BCUT2D eigenvalue weighted by atomic mass is 10.3. The number of aromatic amines is 1. The van der Waals surface area contributed by atoms with Crippen LogP contribution in [0.5, 0.6) is 11.6 Å². The van der Waals surface area contributed by atoms with Gasteiger partial charge in [0, 0.05) is 0 Å². The number of anilines is 2. The van der Waals surface area contributed by atoms with Crippen LogP contribution in [-0.4, -0.2) is 50.3 Å². The maximum Gasteiger partial charge on any atom is 0.258 e. The van der Waals surface area contributed by atoms with Crippen LogP contribution in [0.15, 0.2) is 23.5 Å². The van der Waals surface area contributed by atoms with Gasteiger partial charge < -0.3 is 25.5 Å². The monoisotopic (exact) mass is 389 g/mol. The Morgan fingerprint density at radius 2 is 2.11 bits per heavy atom. The number of carbonyl (C=O) groups excluding carboxylic acids is 1. The number of H-pyrrole nitrogens is 1. The van der Waals surface area contributed by atoms with Crippen molar-refractivity contribution in [3.63, 3.8) is 0 Å². The summed E-state index contributed by atoms with van der Waals surface area (Å²) in [6.07, 6.45) is 2.08. The quantitative estimate of drug-likeness (QED) is 0.408. The number of amides is 1. The van der Waals surface area contributed by atoms with Gasteiger partial charge in [0.25, 0.3) is 5.88 Å². The Labute approximate surface area is 159 Å². The molecule has 0 spiro atoms. The summed E-state index contributed by atoms with van der Waals surface area (Å²) in [5.41, 5.74) is 6.84. The molecule has 0 saturated heterocycles. The third-order valence-corrected chi connectivity index (χ3v) is 5.03. The van der Waals surface area contributed by atoms with Crippen LogP contribution < -0.4 is 20.5 Å². The van der Waals surface area contributed by atoms with Gasteiger partial charge in [-0.2, -0.15) is 9.97 Å². The molecule has 11 heteroatoms. The van der Waals surface area contributed by atoms with E-state index in [0.29, 0.717) is 40.1 Å². The van der Waals surface area contributed by atoms with Crippen molar-refractivity contribution in [2.75, 3.05) is 25.3 Å². The molecule has 0 aliphatic heterocycles. The fourth-order valence-electron chi connectivity index (χ4n) is 2.37. The third-order valence-electron chi connectivity index (χ3n) is 3.68. The number of hydrogen-bond acceptors (Lipinski definition) is 9. The zero-order chi connectivity index (χ0) is 19.4. The highest BCUT2D eigenvalue weighted by atomic mass is 32.2. The van der Waals surface area contributed by atoms with Crippen molar-refractivity contribution in [2.45, 2.75) is 23.6 Å². The molecule has 0 aliphatic carbocycles. The predicted molar refractivity (Wildman–Crippen MR) is 102 cm³/mol. The molecule has 0 bridgehead atoms. The normalized spacial score (nSPS) is 12.0. The van der Waals surface area contributed by atoms with Crippen molar-refractivity contribution in [3.8, 4) is 11.6 Å². The zero-order valence-electron chi connectivity index (χ0n) is 15.0. The molecule has 4 N–H and O–H groups in total. The minimum Gasteiger partial charge on any atom is -0.491 e. The van der Waals surface area contributed by atoms with Crippen molar-refractivity contribution in [2.24, 2.45) is 0 Å². The van der Waals surface area contributed by atoms with Crippen molar-refractivity contribution in [1.29, 1.82) is 0 Å². The van der Waals surface area contributed by atoms with Crippen molar-refractivity contribution in [3.05, 3.63) is 18.5 Å². The fourth-order valence-corrected chi connectivity index (χ4v) is 3.39. The van der Waals surface area contributed by atoms with Gasteiger partial charge in [-0.3, -0.25) is 4.79 Å². The number of fused-ring (bicyclic) bond motifs is 1. The molecular formula is C16H19N7O3S. The zero-order valence-corrected chi connectivity index (χ0v) is 15.8. The summed E-state index contributed by atoms with van der Waals surface area (Å²) >= 11 is 1.28. The molecule has 0 unspecified atom stereocenters. The lowest BCUT2D eigenvalue weighted by molar-refractivity contribution is -0.115. The second-order valence-corrected chi connectivity index (χ2v) is 6.59. The highest BCUT2D eigenvalue weighted by Gasteiger charge is 2.22. The van der Waals surface area contributed by atoms with Crippen molar-refractivity contribution in [1.82, 2.24) is 24.9 Å². The summed E-state index contributed by atoms with van der Waals surface area (Å²) in [7, 11) is 3.00. The first-order valence-corrected chi connectivity index (χ1v) is 8.96. The first-order valence-electron chi connectivity index (χ1n) is 8.08. The molecule has 0 aliphatic rings. The van der Waals surface area contributed by atoms with Crippen molar-refractivity contribution >= 4 is 40.6 Å². The van der Waals surface area contributed by atoms with Gasteiger partial charge in [-0.05, 0) is 18.6 Å². The van der Waals surface area contributed by atoms with Gasteiger partial charge in [0.05, 0.1) is 25.8 Å². The van der Waals surface area contributed by atoms with E-state index in [9.17, 15) is 4.79 Å². The van der Waals surface area contributed by atoms with E-state index < -0.39 is 5.25 Å². The van der Waals surface area contributed by atoms with Gasteiger partial charge in [0.1, 0.15) is 16.4 Å². The molecule has 3 aromatic rings. The minimum absolute atomic E-state index is 0.105. The number of nitrogen functional groups attached to an aromatic ring is 1. The van der Waals surface area contributed by atoms with Crippen molar-refractivity contribution < 1.29 is 14.3 Å². The fraction of sp³-hybridized carbons (Fsp3) is 0.312. The molecule has 3 heterocycles. The topological polar surface area (TPSA) is 141 Å². The summed E-state index contributed by atoms with van der Waals surface area (Å²) in [6, 6.07) is 3.32. The summed E-state index contributed by atoms with van der Waals surface area (Å²) < 4.78 is 10.3. The number of imidazole rings is 1. The van der Waals surface area contributed by atoms with E-state index in [1.165, 1.54) is 32.3 Å². The average Bonchev–Trinajstić information content (AvgIpc) is 3.14. The highest BCUT2D eigenvalue weighted by molar-refractivity contribution is 8.00. The SMILES string of the molecule is CC[C@H](Sc1nc(N)nc2nc[nH]c12)C(=O)Nc1ccc(OC)c(OC)n1. The summed E-state index contributed by atoms with van der Waals surface area (Å²) in [5, 5.41) is 2.94. The number of rotatable bonds is 7. The van der Waals surface area contributed by atoms with Crippen LogP contribution in [0, 0.1) is 0 Å². The smallest absolute Gasteiger partial charge is 0.258 e. The lowest BCUT2D eigenvalue weighted by Crippen LogP contribution is -2.25. The molecule has 0 aromatic carbocycles. The molecule has 3 rings (SSSR count). The van der Waals surface area contributed by atoms with Gasteiger partial charge >= 0.3 is 0 Å². The largest absolute Gasteiger partial charge is 0.491 e. The molecule has 1 atom stereocenters. The number of thioether (sulfide) groups is 1. The maximum absolute atomic E-state index is 12.7. The number of nitrogens with zero attached hydrogens (tertiary/aromatic N) is 4. The number of methoxy groups -OCH3 is 2. The van der Waals surface area contributed by atoms with Gasteiger partial charge in [0.15, 0.2) is 11.4 Å². The van der Waals surface area contributed by atoms with Gasteiger partial charge in [-0.15, -0.1) is 0 Å². The molecular weight excluding hydrogens is 370 g/mol. The molecule has 27 heavy (non-hydrogen) atoms. The lowest BCUT2D eigenvalue weighted by Gasteiger charge is -2.15. The van der Waals surface area contributed by atoms with Crippen LogP contribution in [0.2, 0.25) is 0 Å². The average molecular weight is 389 g/mol. The first-order chi connectivity index (χ1) is 13.0. The predicted octanol–water partition coefficient (Wildman–Crippen LogP) is 1.86. The van der Waals surface area contributed by atoms with E-state index in [-0.39, 0.29) is 11.9 Å². The van der Waals surface area contributed by atoms with E-state index in [1.54, 1.807) is 12.1 Å². The van der Waals surface area contributed by atoms with Crippen LogP contribution in [0.25, 0.3) is 11.2 Å². The summed E-state index contributed by atoms with van der Waals surface area (Å²) in [5.74, 6) is 1.03. The Balaban J connectivity index is 1.79. The van der Waals surface area contributed by atoms with E-state index in [4.69, 9.17) is 15.2 Å². The first kappa shape index (κ1) is 18.7. The summed E-state index contributed by atoms with van der Waals surface area (Å²) in [6.45, 7) is 1.91. The molecule has 0 fully saturated rings. The molecule has 0 saturated carbocycles. The van der Waals surface area contributed by atoms with Crippen LogP contribution >= 0.6 is 11.8 Å². The van der Waals surface area contributed by atoms with Crippen LogP contribution in [0.4, 0.5) is 11.8 Å². The Bertz CT molecular complexity index is 962. The Morgan fingerprint density at radius 1 is 1.30 bits per heavy atom. The molecule has 142 valence electrons. The molecule has 10 nitrogen and oxygen atoms in total. The highest BCUT2D eigenvalue weighted by Crippen LogP contribution is 2.30. The van der Waals surface area contributed by atoms with E-state index in [1.807, 2.05) is 6.92 Å². The minimum atomic E-state index is -0.416. The number of nitrogens with one attached hydrogen (secondary N) is 2. The number of carbonyl (C=O) groups is 1. The Kier molecular flexibility index (Phi) is 5.60. The second-order valence-electron chi connectivity index (χ2n) is 5.40. The number of aromatic nitrogens is 5. The standard InChI is InChI=1S/C16H19N7O3S/c1-4-9(27-15-11-12(19-7-18-11)22-16(17)23-15)13(24)20-10-6-5-8(25-2)14(21-10)26-3/h5-7,9H,4H2,1-3H3,(H,20,21,24)(H3,17,18,19,22,23)/t9-/m0/s1. The van der Waals surface area contributed by atoms with Gasteiger partial charge in [-0.25, -0.2) is 9.97 Å².